The van der Waals surface area contributed by atoms with Gasteiger partial charge >= 0.3 is 0 Å². The average molecular weight is 186 g/mol. The van der Waals surface area contributed by atoms with Gasteiger partial charge in [0.05, 0.1) is 6.67 Å². The Labute approximate surface area is 79.6 Å². The summed E-state index contributed by atoms with van der Waals surface area (Å²) in [6.07, 6.45) is 6.53. The average Bonchev–Trinajstić information content (AvgIpc) is 2.52. The zero-order valence-electron chi connectivity index (χ0n) is 8.16. The zero-order valence-corrected chi connectivity index (χ0v) is 8.97. The van der Waals surface area contributed by atoms with Gasteiger partial charge in [0.1, 0.15) is 0 Å². The fourth-order valence-corrected chi connectivity index (χ4v) is 1.59. The molecule has 0 fully saturated rings. The van der Waals surface area contributed by atoms with Crippen LogP contribution in [0.5, 0.6) is 0 Å². The molecule has 0 saturated carbocycles. The fourth-order valence-electron chi connectivity index (χ4n) is 1.24. The Bertz CT molecular complexity index is 159. The third kappa shape index (κ3) is 2.63. The first-order valence-electron chi connectivity index (χ1n) is 4.45. The van der Waals surface area contributed by atoms with E-state index in [2.05, 4.69) is 42.3 Å². The van der Waals surface area contributed by atoms with Gasteiger partial charge in [0, 0.05) is 30.7 Å². The Hall–Kier alpha value is -0.310. The van der Waals surface area contributed by atoms with E-state index in [9.17, 15) is 0 Å². The molecular weight excluding hydrogens is 168 g/mol. The van der Waals surface area contributed by atoms with Crippen LogP contribution in [0.15, 0.2) is 12.4 Å². The predicted octanol–water partition coefficient (Wildman–Crippen LogP) is 1.80. The molecule has 1 unspecified atom stereocenters. The third-order valence-electron chi connectivity index (χ3n) is 2.15. The largest absolute Gasteiger partial charge is 0.359 e. The molecular formula is C9H18N2S. The first kappa shape index (κ1) is 9.78. The molecule has 3 heteroatoms. The van der Waals surface area contributed by atoms with Gasteiger partial charge in [-0.2, -0.15) is 11.8 Å². The number of nitrogens with zero attached hydrogens (tertiary/aromatic N) is 2. The molecule has 0 radical (unpaired) electrons. The molecule has 1 aliphatic heterocycles. The molecule has 12 heavy (non-hydrogen) atoms. The highest BCUT2D eigenvalue weighted by molar-refractivity contribution is 7.99. The lowest BCUT2D eigenvalue weighted by molar-refractivity contribution is 0.276. The first-order chi connectivity index (χ1) is 5.76. The smallest absolute Gasteiger partial charge is 0.0894 e. The second-order valence-electron chi connectivity index (χ2n) is 3.16. The molecule has 1 aliphatic rings. The maximum absolute atomic E-state index is 2.37. The second kappa shape index (κ2) is 4.65. The first-order valence-corrected chi connectivity index (χ1v) is 5.74. The monoisotopic (exact) mass is 186 g/mol. The van der Waals surface area contributed by atoms with Crippen LogP contribution in [0.4, 0.5) is 0 Å². The SMILES string of the molecule is CCN1C=CN(CC(C)SC)C1. The van der Waals surface area contributed by atoms with Crippen LogP contribution in [0.1, 0.15) is 13.8 Å². The molecule has 2 nitrogen and oxygen atoms in total. The fraction of sp³-hybridized carbons (Fsp3) is 0.778. The molecule has 0 N–H and O–H groups in total. The van der Waals surface area contributed by atoms with Crippen LogP contribution in [-0.2, 0) is 0 Å². The lowest BCUT2D eigenvalue weighted by Gasteiger charge is -2.22. The van der Waals surface area contributed by atoms with Crippen LogP contribution in [0.25, 0.3) is 0 Å². The van der Waals surface area contributed by atoms with E-state index in [0.717, 1.165) is 25.0 Å². The highest BCUT2D eigenvalue weighted by Crippen LogP contribution is 2.11. The van der Waals surface area contributed by atoms with Crippen LogP contribution in [0, 0.1) is 0 Å². The van der Waals surface area contributed by atoms with Crippen LogP contribution in [0.2, 0.25) is 0 Å². The third-order valence-corrected chi connectivity index (χ3v) is 3.11. The number of rotatable bonds is 4. The molecule has 0 aromatic rings. The lowest BCUT2D eigenvalue weighted by atomic mass is 10.4. The summed E-state index contributed by atoms with van der Waals surface area (Å²) in [4.78, 5) is 4.68. The summed E-state index contributed by atoms with van der Waals surface area (Å²) in [6.45, 7) is 7.80. The Kier molecular flexibility index (Phi) is 3.79. The van der Waals surface area contributed by atoms with Gasteiger partial charge in [0.25, 0.3) is 0 Å². The summed E-state index contributed by atoms with van der Waals surface area (Å²) < 4.78 is 0. The van der Waals surface area contributed by atoms with Crippen molar-refractivity contribution in [2.24, 2.45) is 0 Å². The summed E-state index contributed by atoms with van der Waals surface area (Å²) >= 11 is 1.93. The quantitative estimate of drug-likeness (QED) is 0.661. The molecule has 0 aromatic heterocycles. The number of thioether (sulfide) groups is 1. The van der Waals surface area contributed by atoms with Gasteiger partial charge in [0.2, 0.25) is 0 Å². The Morgan fingerprint density at radius 3 is 2.58 bits per heavy atom. The summed E-state index contributed by atoms with van der Waals surface area (Å²) in [5.74, 6) is 0. The van der Waals surface area contributed by atoms with E-state index in [4.69, 9.17) is 0 Å². The summed E-state index contributed by atoms with van der Waals surface area (Å²) in [6, 6.07) is 0. The lowest BCUT2D eigenvalue weighted by Crippen LogP contribution is -2.29. The topological polar surface area (TPSA) is 6.48 Å². The Morgan fingerprint density at radius 1 is 1.42 bits per heavy atom. The van der Waals surface area contributed by atoms with Crippen molar-refractivity contribution in [2.45, 2.75) is 19.1 Å². The van der Waals surface area contributed by atoms with Gasteiger partial charge in [-0.05, 0) is 13.2 Å². The van der Waals surface area contributed by atoms with Crippen LogP contribution < -0.4 is 0 Å². The molecule has 0 aromatic carbocycles. The van der Waals surface area contributed by atoms with E-state index in [-0.39, 0.29) is 0 Å². The molecule has 0 bridgehead atoms. The van der Waals surface area contributed by atoms with E-state index in [1.807, 2.05) is 11.8 Å². The molecule has 0 amide bonds. The normalized spacial score (nSPS) is 18.9. The summed E-state index contributed by atoms with van der Waals surface area (Å²) in [7, 11) is 0. The van der Waals surface area contributed by atoms with Gasteiger partial charge in [0.15, 0.2) is 0 Å². The Morgan fingerprint density at radius 2 is 2.08 bits per heavy atom. The van der Waals surface area contributed by atoms with Crippen LogP contribution >= 0.6 is 11.8 Å². The van der Waals surface area contributed by atoms with Crippen molar-refractivity contribution in [1.29, 1.82) is 0 Å². The van der Waals surface area contributed by atoms with Gasteiger partial charge in [-0.3, -0.25) is 0 Å². The van der Waals surface area contributed by atoms with E-state index in [0.29, 0.717) is 0 Å². The predicted molar refractivity (Wildman–Crippen MR) is 56.1 cm³/mol. The van der Waals surface area contributed by atoms with E-state index < -0.39 is 0 Å². The molecule has 0 saturated heterocycles. The van der Waals surface area contributed by atoms with Gasteiger partial charge in [-0.1, -0.05) is 6.92 Å². The summed E-state index contributed by atoms with van der Waals surface area (Å²) in [5, 5.41) is 0.728. The molecule has 0 spiro atoms. The number of hydrogen-bond acceptors (Lipinski definition) is 3. The van der Waals surface area contributed by atoms with Crippen molar-refractivity contribution >= 4 is 11.8 Å². The minimum atomic E-state index is 0.728. The van der Waals surface area contributed by atoms with Crippen molar-refractivity contribution in [3.05, 3.63) is 12.4 Å². The van der Waals surface area contributed by atoms with Crippen molar-refractivity contribution in [3.8, 4) is 0 Å². The van der Waals surface area contributed by atoms with Crippen LogP contribution in [0.3, 0.4) is 0 Å². The van der Waals surface area contributed by atoms with E-state index in [1.54, 1.807) is 0 Å². The van der Waals surface area contributed by atoms with E-state index in [1.165, 1.54) is 0 Å². The van der Waals surface area contributed by atoms with Crippen molar-refractivity contribution < 1.29 is 0 Å². The van der Waals surface area contributed by atoms with Gasteiger partial charge < -0.3 is 9.80 Å². The van der Waals surface area contributed by atoms with Crippen molar-refractivity contribution in [3.63, 3.8) is 0 Å². The van der Waals surface area contributed by atoms with Gasteiger partial charge in [-0.25, -0.2) is 0 Å². The minimum Gasteiger partial charge on any atom is -0.359 e. The standard InChI is InChI=1S/C9H18N2S/c1-4-10-5-6-11(8-10)7-9(2)12-3/h5-6,9H,4,7-8H2,1-3H3. The number of hydrogen-bond donors (Lipinski definition) is 0. The second-order valence-corrected chi connectivity index (χ2v) is 4.44. The summed E-state index contributed by atoms with van der Waals surface area (Å²) in [5.41, 5.74) is 0. The maximum Gasteiger partial charge on any atom is 0.0894 e. The van der Waals surface area contributed by atoms with Crippen molar-refractivity contribution in [1.82, 2.24) is 9.80 Å². The van der Waals surface area contributed by atoms with Gasteiger partial charge in [-0.15, -0.1) is 0 Å². The Balaban J connectivity index is 2.24. The highest BCUT2D eigenvalue weighted by atomic mass is 32.2. The molecule has 1 atom stereocenters. The molecule has 1 rings (SSSR count). The van der Waals surface area contributed by atoms with Crippen molar-refractivity contribution in [2.75, 3.05) is 26.0 Å². The molecule has 70 valence electrons. The minimum absolute atomic E-state index is 0.728. The molecule has 1 heterocycles. The zero-order chi connectivity index (χ0) is 8.97. The highest BCUT2D eigenvalue weighted by Gasteiger charge is 2.12. The van der Waals surface area contributed by atoms with E-state index >= 15 is 0 Å². The maximum atomic E-state index is 2.37. The molecule has 0 aliphatic carbocycles. The van der Waals surface area contributed by atoms with Crippen LogP contribution in [-0.4, -0.2) is 41.1 Å².